The zero-order valence-corrected chi connectivity index (χ0v) is 19.8. The van der Waals surface area contributed by atoms with Crippen LogP contribution in [-0.4, -0.2) is 66.0 Å². The lowest BCUT2D eigenvalue weighted by atomic mass is 10.2. The lowest BCUT2D eigenvalue weighted by molar-refractivity contribution is -0.141. The second-order valence-electron chi connectivity index (χ2n) is 8.79. The zero-order valence-electron chi connectivity index (χ0n) is 19.8. The zero-order chi connectivity index (χ0) is 27.4. The first-order valence-electron chi connectivity index (χ1n) is 11.2. The minimum atomic E-state index is -4.54. The molecule has 1 unspecified atom stereocenters. The van der Waals surface area contributed by atoms with Crippen molar-refractivity contribution in [3.05, 3.63) is 56.9 Å². The fraction of sp³-hybridized carbons (Fsp3) is 0.364. The first-order chi connectivity index (χ1) is 17.8. The number of aromatic nitrogens is 7. The molecule has 0 spiro atoms. The van der Waals surface area contributed by atoms with Crippen LogP contribution >= 0.6 is 0 Å². The molecule has 1 fully saturated rings. The summed E-state index contributed by atoms with van der Waals surface area (Å²) in [6.07, 6.45) is -3.86. The van der Waals surface area contributed by atoms with Crippen molar-refractivity contribution in [1.29, 1.82) is 0 Å². The monoisotopic (exact) mass is 538 g/mol. The van der Waals surface area contributed by atoms with Gasteiger partial charge in [0.25, 0.3) is 5.56 Å². The number of rotatable bonds is 5. The van der Waals surface area contributed by atoms with Crippen molar-refractivity contribution in [2.24, 2.45) is 0 Å². The molecule has 4 aromatic heterocycles. The highest BCUT2D eigenvalue weighted by Crippen LogP contribution is 2.35. The van der Waals surface area contributed by atoms with E-state index in [1.807, 2.05) is 0 Å². The van der Waals surface area contributed by atoms with E-state index in [0.717, 1.165) is 16.9 Å². The van der Waals surface area contributed by atoms with E-state index in [1.165, 1.54) is 31.0 Å². The maximum atomic E-state index is 15.0. The Morgan fingerprint density at radius 2 is 1.95 bits per heavy atom. The van der Waals surface area contributed by atoms with Crippen molar-refractivity contribution in [2.45, 2.75) is 38.6 Å². The number of ether oxygens (including phenoxy) is 1. The van der Waals surface area contributed by atoms with Gasteiger partial charge in [0.2, 0.25) is 5.88 Å². The van der Waals surface area contributed by atoms with Gasteiger partial charge in [-0.25, -0.2) is 28.5 Å². The molecular formula is C22H19F5N8O3. The topological polar surface area (TPSA) is 135 Å². The van der Waals surface area contributed by atoms with E-state index in [9.17, 15) is 31.5 Å². The van der Waals surface area contributed by atoms with Gasteiger partial charge < -0.3 is 14.6 Å². The number of nitrogens with zero attached hydrogens (tertiary/aromatic N) is 6. The molecule has 16 heteroatoms. The van der Waals surface area contributed by atoms with Crippen LogP contribution in [0.1, 0.15) is 11.5 Å². The van der Waals surface area contributed by atoms with E-state index in [1.54, 1.807) is 0 Å². The van der Waals surface area contributed by atoms with Gasteiger partial charge in [-0.15, -0.1) is 0 Å². The second kappa shape index (κ2) is 8.88. The maximum absolute atomic E-state index is 15.0. The summed E-state index contributed by atoms with van der Waals surface area (Å²) in [5.41, 5.74) is -0.960. The fourth-order valence-corrected chi connectivity index (χ4v) is 4.21. The molecule has 5 heterocycles. The summed E-state index contributed by atoms with van der Waals surface area (Å²) in [7, 11) is 0. The molecule has 0 bridgehead atoms. The van der Waals surface area contributed by atoms with E-state index in [2.05, 4.69) is 30.0 Å². The number of anilines is 1. The van der Waals surface area contributed by atoms with E-state index < -0.39 is 42.5 Å². The number of aromatic amines is 2. The minimum absolute atomic E-state index is 0.0124. The van der Waals surface area contributed by atoms with E-state index in [0.29, 0.717) is 11.1 Å². The Kier molecular flexibility index (Phi) is 5.91. The normalized spacial score (nSPS) is 17.3. The van der Waals surface area contributed by atoms with Gasteiger partial charge in [0.15, 0.2) is 6.10 Å². The predicted molar refractivity (Wildman–Crippen MR) is 123 cm³/mol. The summed E-state index contributed by atoms with van der Waals surface area (Å²) < 4.78 is 75.0. The van der Waals surface area contributed by atoms with Crippen LogP contribution in [0.5, 0.6) is 5.88 Å². The molecule has 200 valence electrons. The molecule has 0 radical (unpaired) electrons. The number of H-pyrrole nitrogens is 2. The number of fused-ring (bicyclic) bond motifs is 1. The maximum Gasteiger partial charge on any atom is 0.408 e. The molecule has 0 saturated carbocycles. The Morgan fingerprint density at radius 1 is 1.18 bits per heavy atom. The molecule has 0 aliphatic carbocycles. The number of nitrogens with one attached hydrogen (secondary N) is 2. The first kappa shape index (κ1) is 25.3. The van der Waals surface area contributed by atoms with Gasteiger partial charge in [0, 0.05) is 29.9 Å². The predicted octanol–water partition coefficient (Wildman–Crippen LogP) is 2.35. The van der Waals surface area contributed by atoms with E-state index in [4.69, 9.17) is 4.74 Å². The molecule has 11 nitrogen and oxygen atoms in total. The van der Waals surface area contributed by atoms with Crippen LogP contribution in [0.2, 0.25) is 0 Å². The third kappa shape index (κ3) is 4.92. The molecule has 4 aromatic rings. The summed E-state index contributed by atoms with van der Waals surface area (Å²) in [5, 5.41) is 4.20. The number of aryl methyl sites for hydroxylation is 2. The molecule has 2 N–H and O–H groups in total. The van der Waals surface area contributed by atoms with Crippen molar-refractivity contribution in [2.75, 3.05) is 18.0 Å². The lowest BCUT2D eigenvalue weighted by Gasteiger charge is -2.18. The fourth-order valence-electron chi connectivity index (χ4n) is 4.21. The smallest absolute Gasteiger partial charge is 0.408 e. The number of alkyl halides is 5. The van der Waals surface area contributed by atoms with Gasteiger partial charge in [-0.1, -0.05) is 0 Å². The van der Waals surface area contributed by atoms with E-state index >= 15 is 0 Å². The molecular weight excluding hydrogens is 519 g/mol. The molecule has 1 atom stereocenters. The molecule has 1 aliphatic heterocycles. The summed E-state index contributed by atoms with van der Waals surface area (Å²) in [6, 6.07) is 2.48. The Hall–Kier alpha value is -4.37. The third-order valence-corrected chi connectivity index (χ3v) is 5.89. The van der Waals surface area contributed by atoms with E-state index in [-0.39, 0.29) is 40.8 Å². The number of hydrogen-bond acceptors (Lipinski definition) is 8. The first-order valence-corrected chi connectivity index (χ1v) is 11.2. The van der Waals surface area contributed by atoms with Crippen LogP contribution in [0.25, 0.3) is 22.2 Å². The molecule has 1 saturated heterocycles. The van der Waals surface area contributed by atoms with Crippen LogP contribution < -0.4 is 20.9 Å². The quantitative estimate of drug-likeness (QED) is 0.370. The van der Waals surface area contributed by atoms with Gasteiger partial charge >= 0.3 is 17.8 Å². The standard InChI is InChI=1S/C22H19F5N8O3/c1-10-12-5-28-18(4-15(12)35(33-10)9-22(25,26)27)38-16-7-34(8-21(16,23)24)17-3-14(30-11(2)31-17)13-6-29-20(37)32-19(13)36/h3-6,16H,7-9H2,1-2H3,(H2,29,32,36,37). The van der Waals surface area contributed by atoms with Crippen LogP contribution in [0, 0.1) is 13.8 Å². The van der Waals surface area contributed by atoms with Crippen molar-refractivity contribution in [3.8, 4) is 17.1 Å². The Labute approximate surface area is 209 Å². The highest BCUT2D eigenvalue weighted by atomic mass is 19.4. The van der Waals surface area contributed by atoms with Crippen LogP contribution in [0.3, 0.4) is 0 Å². The molecule has 38 heavy (non-hydrogen) atoms. The number of pyridine rings is 1. The van der Waals surface area contributed by atoms with Crippen LogP contribution in [0.4, 0.5) is 27.8 Å². The summed E-state index contributed by atoms with van der Waals surface area (Å²) in [6.45, 7) is 0.537. The SMILES string of the molecule is Cc1nc(-c2c[nH]c(=O)[nH]c2=O)cc(N2CC(Oc3cc4c(cn3)c(C)nn4CC(F)(F)F)C(F)(F)C2)n1. The average molecular weight is 538 g/mol. The summed E-state index contributed by atoms with van der Waals surface area (Å²) in [5.74, 6) is -3.39. The summed E-state index contributed by atoms with van der Waals surface area (Å²) >= 11 is 0. The van der Waals surface area contributed by atoms with Crippen LogP contribution in [-0.2, 0) is 6.54 Å². The molecule has 0 amide bonds. The second-order valence-corrected chi connectivity index (χ2v) is 8.79. The van der Waals surface area contributed by atoms with Gasteiger partial charge in [0.1, 0.15) is 18.2 Å². The minimum Gasteiger partial charge on any atom is -0.466 e. The van der Waals surface area contributed by atoms with Gasteiger partial charge in [0.05, 0.1) is 35.6 Å². The Balaban J connectivity index is 1.42. The van der Waals surface area contributed by atoms with Gasteiger partial charge in [-0.2, -0.15) is 18.3 Å². The summed E-state index contributed by atoms with van der Waals surface area (Å²) in [4.78, 5) is 41.5. The highest BCUT2D eigenvalue weighted by molar-refractivity contribution is 5.81. The van der Waals surface area contributed by atoms with Gasteiger partial charge in [-0.3, -0.25) is 14.5 Å². The largest absolute Gasteiger partial charge is 0.466 e. The van der Waals surface area contributed by atoms with Crippen LogP contribution in [0.15, 0.2) is 34.1 Å². The number of halogens is 5. The third-order valence-electron chi connectivity index (χ3n) is 5.89. The van der Waals surface area contributed by atoms with Crippen molar-refractivity contribution in [3.63, 3.8) is 0 Å². The van der Waals surface area contributed by atoms with Crippen molar-refractivity contribution < 1.29 is 26.7 Å². The lowest BCUT2D eigenvalue weighted by Crippen LogP contribution is -2.36. The number of hydrogen-bond donors (Lipinski definition) is 2. The highest BCUT2D eigenvalue weighted by Gasteiger charge is 2.51. The molecule has 5 rings (SSSR count). The Bertz CT molecular complexity index is 1640. The Morgan fingerprint density at radius 3 is 2.66 bits per heavy atom. The average Bonchev–Trinajstić information content (AvgIpc) is 3.27. The molecule has 0 aromatic carbocycles. The van der Waals surface area contributed by atoms with Crippen molar-refractivity contribution in [1.82, 2.24) is 34.7 Å². The molecule has 1 aliphatic rings. The van der Waals surface area contributed by atoms with Gasteiger partial charge in [-0.05, 0) is 13.8 Å². The van der Waals surface area contributed by atoms with Crippen molar-refractivity contribution >= 4 is 16.7 Å².